The number of benzene rings is 1. The molecule has 0 heterocycles. The van der Waals surface area contributed by atoms with Crippen LogP contribution in [0.25, 0.3) is 0 Å². The van der Waals surface area contributed by atoms with E-state index in [9.17, 15) is 4.79 Å². The smallest absolute Gasteiger partial charge is 0.335 e. The Morgan fingerprint density at radius 1 is 1.21 bits per heavy atom. The van der Waals surface area contributed by atoms with E-state index in [-0.39, 0.29) is 5.56 Å². The van der Waals surface area contributed by atoms with Gasteiger partial charge in [0.1, 0.15) is 0 Å². The summed E-state index contributed by atoms with van der Waals surface area (Å²) < 4.78 is 0. The van der Waals surface area contributed by atoms with E-state index in [1.165, 1.54) is 0 Å². The Morgan fingerprint density at radius 2 is 1.89 bits per heavy atom. The molecule has 0 atom stereocenters. The molecule has 0 aliphatic carbocycles. The maximum Gasteiger partial charge on any atom is 0.335 e. The number of unbranched alkanes of at least 4 members (excludes halogenated alkanes) is 2. The molecule has 0 bridgehead atoms. The lowest BCUT2D eigenvalue weighted by Gasteiger charge is -1.92. The molecule has 2 nitrogen and oxygen atoms in total. The van der Waals surface area contributed by atoms with Crippen LogP contribution in [0.4, 0.5) is 0 Å². The summed E-state index contributed by atoms with van der Waals surface area (Å²) in [4.78, 5) is 10.7. The molecule has 1 N–H and O–H groups in total. The molecule has 19 heavy (non-hydrogen) atoms. The molecule has 0 aliphatic heterocycles. The van der Waals surface area contributed by atoms with Gasteiger partial charge in [-0.2, -0.15) is 0 Å². The SMILES string of the molecule is CCCCC#CC=CC#Cc1ccc(C(=O)O)cc1. The van der Waals surface area contributed by atoms with Crippen LogP contribution in [0.15, 0.2) is 36.4 Å². The van der Waals surface area contributed by atoms with E-state index >= 15 is 0 Å². The molecule has 0 radical (unpaired) electrons. The van der Waals surface area contributed by atoms with Crippen LogP contribution >= 0.6 is 0 Å². The summed E-state index contributed by atoms with van der Waals surface area (Å²) in [6.45, 7) is 2.14. The molecule has 96 valence electrons. The largest absolute Gasteiger partial charge is 0.478 e. The third-order valence-electron chi connectivity index (χ3n) is 2.36. The number of carbonyl (C=O) groups is 1. The van der Waals surface area contributed by atoms with Gasteiger partial charge >= 0.3 is 5.97 Å². The van der Waals surface area contributed by atoms with Gasteiger partial charge in [0, 0.05) is 12.0 Å². The van der Waals surface area contributed by atoms with Gasteiger partial charge in [0.15, 0.2) is 0 Å². The van der Waals surface area contributed by atoms with E-state index in [1.54, 1.807) is 36.4 Å². The minimum atomic E-state index is -0.929. The lowest BCUT2D eigenvalue weighted by molar-refractivity contribution is 0.0697. The molecular weight excluding hydrogens is 236 g/mol. The van der Waals surface area contributed by atoms with Crippen molar-refractivity contribution in [3.63, 3.8) is 0 Å². The van der Waals surface area contributed by atoms with Crippen molar-refractivity contribution >= 4 is 5.97 Å². The van der Waals surface area contributed by atoms with Crippen LogP contribution in [0.2, 0.25) is 0 Å². The van der Waals surface area contributed by atoms with Gasteiger partial charge in [-0.15, -0.1) is 0 Å². The molecule has 0 aromatic heterocycles. The van der Waals surface area contributed by atoms with Crippen LogP contribution in [-0.2, 0) is 0 Å². The van der Waals surface area contributed by atoms with Gasteiger partial charge in [0.25, 0.3) is 0 Å². The van der Waals surface area contributed by atoms with Crippen LogP contribution in [0.1, 0.15) is 42.1 Å². The standard InChI is InChI=1S/C17H16O2/c1-2-3-4-5-6-7-8-9-10-15-11-13-16(14-12-15)17(18)19/h7-8,11-14H,2-4H2,1H3,(H,18,19). The van der Waals surface area contributed by atoms with Crippen LogP contribution in [0.3, 0.4) is 0 Å². The summed E-state index contributed by atoms with van der Waals surface area (Å²) in [5.74, 6) is 10.8. The summed E-state index contributed by atoms with van der Waals surface area (Å²) >= 11 is 0. The van der Waals surface area contributed by atoms with Gasteiger partial charge < -0.3 is 5.11 Å². The van der Waals surface area contributed by atoms with E-state index in [1.807, 2.05) is 0 Å². The van der Waals surface area contributed by atoms with Crippen molar-refractivity contribution in [2.24, 2.45) is 0 Å². The van der Waals surface area contributed by atoms with E-state index in [0.717, 1.165) is 24.8 Å². The fourth-order valence-electron chi connectivity index (χ4n) is 1.30. The van der Waals surface area contributed by atoms with Crippen LogP contribution in [0, 0.1) is 23.7 Å². The molecule has 0 amide bonds. The zero-order valence-corrected chi connectivity index (χ0v) is 10.9. The van der Waals surface area contributed by atoms with E-state index in [0.29, 0.717) is 0 Å². The number of allylic oxidation sites excluding steroid dienone is 2. The molecule has 0 spiro atoms. The Hall–Kier alpha value is -2.45. The fourth-order valence-corrected chi connectivity index (χ4v) is 1.30. The van der Waals surface area contributed by atoms with E-state index in [4.69, 9.17) is 5.11 Å². The highest BCUT2D eigenvalue weighted by Crippen LogP contribution is 2.02. The zero-order chi connectivity index (χ0) is 13.9. The summed E-state index contributed by atoms with van der Waals surface area (Å²) in [5.41, 5.74) is 1.05. The lowest BCUT2D eigenvalue weighted by atomic mass is 10.1. The Kier molecular flexibility index (Phi) is 6.62. The fraction of sp³-hybridized carbons (Fsp3) is 0.235. The maximum absolute atomic E-state index is 10.7. The Labute approximate surface area is 114 Å². The number of carboxylic acid groups (broad SMARTS) is 1. The minimum absolute atomic E-state index is 0.267. The predicted octanol–water partition coefficient (Wildman–Crippen LogP) is 3.49. The average Bonchev–Trinajstić information content (AvgIpc) is 2.42. The van der Waals surface area contributed by atoms with Crippen molar-refractivity contribution in [2.45, 2.75) is 26.2 Å². The molecule has 0 fully saturated rings. The summed E-state index contributed by atoms with van der Waals surface area (Å²) in [6.07, 6.45) is 6.64. The van der Waals surface area contributed by atoms with Crippen molar-refractivity contribution in [1.29, 1.82) is 0 Å². The Morgan fingerprint density at radius 3 is 2.53 bits per heavy atom. The second kappa shape index (κ2) is 8.61. The molecule has 0 saturated heterocycles. The highest BCUT2D eigenvalue weighted by atomic mass is 16.4. The molecule has 0 unspecified atom stereocenters. The quantitative estimate of drug-likeness (QED) is 0.660. The first kappa shape index (κ1) is 14.6. The number of carboxylic acids is 1. The first-order valence-electron chi connectivity index (χ1n) is 6.22. The van der Waals surface area contributed by atoms with Gasteiger partial charge in [-0.1, -0.05) is 37.0 Å². The highest BCUT2D eigenvalue weighted by Gasteiger charge is 1.99. The third kappa shape index (κ3) is 6.15. The molecule has 0 aliphatic rings. The van der Waals surface area contributed by atoms with Crippen LogP contribution in [0.5, 0.6) is 0 Å². The maximum atomic E-state index is 10.7. The monoisotopic (exact) mass is 252 g/mol. The third-order valence-corrected chi connectivity index (χ3v) is 2.36. The summed E-state index contributed by atoms with van der Waals surface area (Å²) in [7, 11) is 0. The topological polar surface area (TPSA) is 37.3 Å². The molecular formula is C17H16O2. The molecule has 2 heteroatoms. The zero-order valence-electron chi connectivity index (χ0n) is 10.9. The molecule has 1 rings (SSSR count). The van der Waals surface area contributed by atoms with Crippen molar-refractivity contribution in [3.05, 3.63) is 47.5 Å². The van der Waals surface area contributed by atoms with Crippen molar-refractivity contribution in [2.75, 3.05) is 0 Å². The first-order valence-corrected chi connectivity index (χ1v) is 6.22. The Balaban J connectivity index is 2.51. The average molecular weight is 252 g/mol. The number of rotatable bonds is 3. The van der Waals surface area contributed by atoms with E-state index < -0.39 is 5.97 Å². The second-order valence-electron chi connectivity index (χ2n) is 3.91. The van der Waals surface area contributed by atoms with Crippen LogP contribution in [-0.4, -0.2) is 11.1 Å². The lowest BCUT2D eigenvalue weighted by Crippen LogP contribution is -1.94. The number of aromatic carboxylic acids is 1. The number of hydrogen-bond donors (Lipinski definition) is 1. The van der Waals surface area contributed by atoms with Crippen molar-refractivity contribution in [3.8, 4) is 23.7 Å². The Bertz CT molecular complexity index is 557. The summed E-state index contributed by atoms with van der Waals surface area (Å²) in [5, 5.41) is 8.75. The normalized spacial score (nSPS) is 9.32. The molecule has 0 saturated carbocycles. The van der Waals surface area contributed by atoms with Gasteiger partial charge in [-0.3, -0.25) is 0 Å². The second-order valence-corrected chi connectivity index (χ2v) is 3.91. The first-order chi connectivity index (χ1) is 9.24. The van der Waals surface area contributed by atoms with Gasteiger partial charge in [0.05, 0.1) is 5.56 Å². The van der Waals surface area contributed by atoms with Gasteiger partial charge in [-0.05, 0) is 42.8 Å². The highest BCUT2D eigenvalue weighted by molar-refractivity contribution is 5.87. The van der Waals surface area contributed by atoms with Crippen molar-refractivity contribution in [1.82, 2.24) is 0 Å². The van der Waals surface area contributed by atoms with Crippen molar-refractivity contribution < 1.29 is 9.90 Å². The van der Waals surface area contributed by atoms with Gasteiger partial charge in [-0.25, -0.2) is 4.79 Å². The minimum Gasteiger partial charge on any atom is -0.478 e. The van der Waals surface area contributed by atoms with Gasteiger partial charge in [0.2, 0.25) is 0 Å². The van der Waals surface area contributed by atoms with Crippen LogP contribution < -0.4 is 0 Å². The number of hydrogen-bond acceptors (Lipinski definition) is 1. The van der Waals surface area contributed by atoms with E-state index in [2.05, 4.69) is 30.6 Å². The summed E-state index contributed by atoms with van der Waals surface area (Å²) in [6, 6.07) is 6.47. The molecule has 1 aromatic carbocycles. The molecule has 1 aromatic rings. The predicted molar refractivity (Wildman–Crippen MR) is 76.7 cm³/mol.